The van der Waals surface area contributed by atoms with Crippen LogP contribution >= 0.6 is 0 Å². The van der Waals surface area contributed by atoms with Crippen molar-refractivity contribution in [2.45, 2.75) is 0 Å². The van der Waals surface area contributed by atoms with Gasteiger partial charge in [0.2, 0.25) is 0 Å². The molecule has 0 spiro atoms. The molecule has 0 heteroatoms. The monoisotopic (exact) mass is 860 g/mol. The van der Waals surface area contributed by atoms with Crippen molar-refractivity contribution in [2.75, 3.05) is 0 Å². The molecular weight excluding hydrogens is 817 g/mol. The highest BCUT2D eigenvalue weighted by molar-refractivity contribution is 6.39. The summed E-state index contributed by atoms with van der Waals surface area (Å²) in [5.74, 6) is 0. The Kier molecular flexibility index (Phi) is 9.62. The van der Waals surface area contributed by atoms with Crippen molar-refractivity contribution >= 4 is 49.4 Å². The van der Waals surface area contributed by atoms with Gasteiger partial charge in [0.1, 0.15) is 0 Å². The van der Waals surface area contributed by atoms with Crippen molar-refractivity contribution in [3.8, 4) is 44.5 Å². The Morgan fingerprint density at radius 3 is 1.10 bits per heavy atom. The van der Waals surface area contributed by atoms with Crippen LogP contribution in [-0.4, -0.2) is 0 Å². The fraction of sp³-hybridized carbons (Fsp3) is 0. The average molecular weight is 861 g/mol. The maximum Gasteiger partial charge on any atom is -0.000137 e. The van der Waals surface area contributed by atoms with Crippen LogP contribution in [0.3, 0.4) is 0 Å². The molecule has 0 nitrogen and oxygen atoms in total. The van der Waals surface area contributed by atoms with E-state index in [1.165, 1.54) is 133 Å². The van der Waals surface area contributed by atoms with Crippen LogP contribution in [-0.2, 0) is 0 Å². The molecule has 0 saturated heterocycles. The third kappa shape index (κ3) is 6.69. The molecule has 11 aromatic carbocycles. The SMILES string of the molecule is c1ccc(C2=C(c3ccccc3)C(c3ccc4c(-c5ccccc5)cccc4c3)=C3C2=C(c2ccc4ccc(-c5ccccc5)cc4c2)c2cc(-c4ccccc4)c(-c4ccccc4)cc23)cc1. The molecule has 0 fully saturated rings. The molecule has 2 aliphatic carbocycles. The van der Waals surface area contributed by atoms with Crippen molar-refractivity contribution in [2.24, 2.45) is 0 Å². The van der Waals surface area contributed by atoms with Crippen molar-refractivity contribution < 1.29 is 0 Å². The van der Waals surface area contributed by atoms with Gasteiger partial charge in [-0.25, -0.2) is 0 Å². The molecule has 0 atom stereocenters. The van der Waals surface area contributed by atoms with Gasteiger partial charge in [0.05, 0.1) is 0 Å². The summed E-state index contributed by atoms with van der Waals surface area (Å²) in [6.07, 6.45) is 0. The number of hydrogen-bond acceptors (Lipinski definition) is 0. The Morgan fingerprint density at radius 1 is 0.147 bits per heavy atom. The van der Waals surface area contributed by atoms with E-state index in [2.05, 4.69) is 267 Å². The average Bonchev–Trinajstić information content (AvgIpc) is 3.93. The molecule has 2 aliphatic rings. The smallest absolute Gasteiger partial charge is 0.000137 e. The summed E-state index contributed by atoms with van der Waals surface area (Å²) in [6, 6.07) is 98.5. The van der Waals surface area contributed by atoms with Crippen LogP contribution in [0.5, 0.6) is 0 Å². The highest BCUT2D eigenvalue weighted by Crippen LogP contribution is 2.62. The van der Waals surface area contributed by atoms with Crippen LogP contribution in [0.4, 0.5) is 0 Å². The fourth-order valence-corrected chi connectivity index (χ4v) is 10.9. The molecular formula is C68H44. The summed E-state index contributed by atoms with van der Waals surface area (Å²) >= 11 is 0. The lowest BCUT2D eigenvalue weighted by Gasteiger charge is -2.19. The second-order valence-corrected chi connectivity index (χ2v) is 17.9. The second-order valence-electron chi connectivity index (χ2n) is 17.9. The van der Waals surface area contributed by atoms with Crippen molar-refractivity contribution in [3.63, 3.8) is 0 Å². The number of allylic oxidation sites excluding steroid dienone is 5. The molecule has 0 bridgehead atoms. The second kappa shape index (κ2) is 16.5. The predicted molar refractivity (Wildman–Crippen MR) is 289 cm³/mol. The summed E-state index contributed by atoms with van der Waals surface area (Å²) in [7, 11) is 0. The summed E-state index contributed by atoms with van der Waals surface area (Å²) in [4.78, 5) is 0. The molecule has 316 valence electrons. The van der Waals surface area contributed by atoms with Gasteiger partial charge in [-0.15, -0.1) is 0 Å². The van der Waals surface area contributed by atoms with Gasteiger partial charge in [0.25, 0.3) is 0 Å². The minimum Gasteiger partial charge on any atom is -0.0622 e. The largest absolute Gasteiger partial charge is 0.0622 e. The van der Waals surface area contributed by atoms with E-state index in [-0.39, 0.29) is 0 Å². The zero-order valence-electron chi connectivity index (χ0n) is 37.4. The van der Waals surface area contributed by atoms with Gasteiger partial charge in [0, 0.05) is 0 Å². The van der Waals surface area contributed by atoms with Crippen molar-refractivity contribution in [1.82, 2.24) is 0 Å². The fourth-order valence-electron chi connectivity index (χ4n) is 10.9. The van der Waals surface area contributed by atoms with Gasteiger partial charge in [-0.1, -0.05) is 237 Å². The molecule has 0 amide bonds. The minimum absolute atomic E-state index is 1.20. The Balaban J connectivity index is 1.17. The zero-order chi connectivity index (χ0) is 45.0. The molecule has 0 saturated carbocycles. The lowest BCUT2D eigenvalue weighted by Crippen LogP contribution is -1.97. The lowest BCUT2D eigenvalue weighted by atomic mass is 9.84. The van der Waals surface area contributed by atoms with E-state index < -0.39 is 0 Å². The van der Waals surface area contributed by atoms with Gasteiger partial charge >= 0.3 is 0 Å². The zero-order valence-corrected chi connectivity index (χ0v) is 37.4. The molecule has 0 radical (unpaired) electrons. The first-order valence-electron chi connectivity index (χ1n) is 23.6. The summed E-state index contributed by atoms with van der Waals surface area (Å²) in [6.45, 7) is 0. The van der Waals surface area contributed by atoms with Crippen LogP contribution < -0.4 is 0 Å². The third-order valence-corrected chi connectivity index (χ3v) is 14.0. The summed E-state index contributed by atoms with van der Waals surface area (Å²) in [5, 5.41) is 4.90. The van der Waals surface area contributed by atoms with E-state index in [4.69, 9.17) is 0 Å². The first-order valence-corrected chi connectivity index (χ1v) is 23.6. The maximum atomic E-state index is 2.51. The molecule has 0 unspecified atom stereocenters. The van der Waals surface area contributed by atoms with Gasteiger partial charge in [-0.3, -0.25) is 0 Å². The van der Waals surface area contributed by atoms with Gasteiger partial charge in [0.15, 0.2) is 0 Å². The molecule has 0 aliphatic heterocycles. The van der Waals surface area contributed by atoms with Gasteiger partial charge in [-0.2, -0.15) is 0 Å². The first kappa shape index (κ1) is 39.5. The van der Waals surface area contributed by atoms with E-state index in [0.29, 0.717) is 0 Å². The van der Waals surface area contributed by atoms with Gasteiger partial charge < -0.3 is 0 Å². The summed E-state index contributed by atoms with van der Waals surface area (Å²) < 4.78 is 0. The van der Waals surface area contributed by atoms with Gasteiger partial charge in [-0.05, 0) is 163 Å². The van der Waals surface area contributed by atoms with Crippen LogP contribution in [0.15, 0.2) is 272 Å². The van der Waals surface area contributed by atoms with E-state index in [1.54, 1.807) is 0 Å². The topological polar surface area (TPSA) is 0 Å². The van der Waals surface area contributed by atoms with E-state index in [0.717, 1.165) is 0 Å². The summed E-state index contributed by atoms with van der Waals surface area (Å²) in [5.41, 5.74) is 24.6. The number of fused-ring (bicyclic) bond motifs is 5. The molecule has 0 heterocycles. The van der Waals surface area contributed by atoms with Crippen molar-refractivity contribution in [3.05, 3.63) is 306 Å². The molecule has 11 aromatic rings. The van der Waals surface area contributed by atoms with Crippen molar-refractivity contribution in [1.29, 1.82) is 0 Å². The minimum atomic E-state index is 1.20. The Hall–Kier alpha value is -8.84. The Morgan fingerprint density at radius 2 is 0.544 bits per heavy atom. The van der Waals surface area contributed by atoms with Crippen LogP contribution in [0.1, 0.15) is 33.4 Å². The van der Waals surface area contributed by atoms with E-state index >= 15 is 0 Å². The quantitative estimate of drug-likeness (QED) is 0.143. The van der Waals surface area contributed by atoms with E-state index in [9.17, 15) is 0 Å². The molecule has 68 heavy (non-hydrogen) atoms. The normalized spacial score (nSPS) is 13.1. The highest BCUT2D eigenvalue weighted by Gasteiger charge is 2.41. The third-order valence-electron chi connectivity index (χ3n) is 14.0. The van der Waals surface area contributed by atoms with Crippen LogP contribution in [0.25, 0.3) is 93.9 Å². The Labute approximate surface area is 397 Å². The Bertz CT molecular complexity index is 3820. The maximum absolute atomic E-state index is 2.51. The molecule has 0 N–H and O–H groups in total. The van der Waals surface area contributed by atoms with Crippen LogP contribution in [0.2, 0.25) is 0 Å². The number of hydrogen-bond donors (Lipinski definition) is 0. The molecule has 0 aromatic heterocycles. The highest BCUT2D eigenvalue weighted by atomic mass is 14.4. The first-order chi connectivity index (χ1) is 33.7. The van der Waals surface area contributed by atoms with Crippen LogP contribution in [0, 0.1) is 0 Å². The predicted octanol–water partition coefficient (Wildman–Crippen LogP) is 18.0. The number of benzene rings is 11. The lowest BCUT2D eigenvalue weighted by molar-refractivity contribution is 1.52. The van der Waals surface area contributed by atoms with E-state index in [1.807, 2.05) is 0 Å². The number of rotatable bonds is 8. The standard InChI is InChI=1S/C68H44/c1-7-20-45(21-8-1)52-36-34-46-35-37-54(42-56(46)40-52)63-61-43-59(48-24-11-3-12-25-48)60(49-26-13-4-14-27-49)44-62(61)67-66(55-38-39-58-53(41-55)32-19-33-57(58)47-22-9-2-10-23-47)64(50-28-15-5-16-29-50)65(68(63)67)51-30-17-6-18-31-51/h1-44H. The molecule has 13 rings (SSSR count).